The van der Waals surface area contributed by atoms with Crippen molar-refractivity contribution in [3.63, 3.8) is 0 Å². The first-order chi connectivity index (χ1) is 11.0. The Balaban J connectivity index is 1.79. The molecule has 1 amide bonds. The molecule has 0 saturated heterocycles. The number of hydrogen-bond acceptors (Lipinski definition) is 4. The maximum atomic E-state index is 12.3. The van der Waals surface area contributed by atoms with Gasteiger partial charge in [-0.05, 0) is 66.3 Å². The Hall–Kier alpha value is -2.22. The molecule has 0 aliphatic heterocycles. The predicted molar refractivity (Wildman–Crippen MR) is 92.5 cm³/mol. The molecule has 0 radical (unpaired) electrons. The molecule has 0 bridgehead atoms. The number of rotatable bonds is 4. The van der Waals surface area contributed by atoms with Crippen molar-refractivity contribution in [3.8, 4) is 0 Å². The molecule has 0 aliphatic carbocycles. The number of thiophene rings is 1. The Morgan fingerprint density at radius 2 is 1.78 bits per heavy atom. The second kappa shape index (κ2) is 6.11. The van der Waals surface area contributed by atoms with Crippen molar-refractivity contribution >= 4 is 43.0 Å². The Morgan fingerprint density at radius 1 is 1.04 bits per heavy atom. The van der Waals surface area contributed by atoms with Crippen LogP contribution in [-0.4, -0.2) is 21.4 Å². The number of carbonyl (C=O) groups excluding carboxylic acids is 1. The minimum atomic E-state index is -3.48. The second-order valence-electron chi connectivity index (χ2n) is 4.86. The van der Waals surface area contributed by atoms with Crippen molar-refractivity contribution in [2.45, 2.75) is 4.90 Å². The molecule has 0 fully saturated rings. The van der Waals surface area contributed by atoms with Crippen molar-refractivity contribution < 1.29 is 13.2 Å². The number of amides is 1. The molecule has 2 aromatic carbocycles. The number of benzene rings is 2. The Labute approximate surface area is 138 Å². The van der Waals surface area contributed by atoms with Gasteiger partial charge in [0, 0.05) is 16.0 Å². The maximum Gasteiger partial charge on any atom is 0.255 e. The molecule has 118 valence electrons. The zero-order valence-corrected chi connectivity index (χ0v) is 13.9. The fraction of sp³-hybridized carbons (Fsp3) is 0.0625. The summed E-state index contributed by atoms with van der Waals surface area (Å²) in [5.41, 5.74) is 1.10. The fourth-order valence-corrected chi connectivity index (χ4v) is 3.65. The van der Waals surface area contributed by atoms with Crippen LogP contribution in [0.2, 0.25) is 0 Å². The van der Waals surface area contributed by atoms with Crippen LogP contribution in [-0.2, 0) is 10.0 Å². The van der Waals surface area contributed by atoms with Crippen molar-refractivity contribution in [3.05, 3.63) is 59.5 Å². The number of sulfonamides is 1. The molecule has 3 rings (SSSR count). The first-order valence-electron chi connectivity index (χ1n) is 6.82. The van der Waals surface area contributed by atoms with Crippen LogP contribution in [0.4, 0.5) is 5.69 Å². The predicted octanol–water partition coefficient (Wildman–Crippen LogP) is 3.06. The van der Waals surface area contributed by atoms with E-state index in [1.807, 2.05) is 23.6 Å². The molecular formula is C16H14N2O3S2. The lowest BCUT2D eigenvalue weighted by Crippen LogP contribution is -2.18. The van der Waals surface area contributed by atoms with Crippen molar-refractivity contribution in [1.82, 2.24) is 4.72 Å². The van der Waals surface area contributed by atoms with Crippen molar-refractivity contribution in [2.24, 2.45) is 0 Å². The summed E-state index contributed by atoms with van der Waals surface area (Å²) in [6, 6.07) is 13.5. The molecule has 1 aromatic heterocycles. The standard InChI is InChI=1S/C16H14N2O3S2/c1-17-23(20,21)14-5-3-13(4-6-14)18-16(19)12-2-7-15-11(10-12)8-9-22-15/h2-10,17H,1H3,(H,18,19). The average Bonchev–Trinajstić information content (AvgIpc) is 3.03. The fourth-order valence-electron chi connectivity index (χ4n) is 2.15. The highest BCUT2D eigenvalue weighted by atomic mass is 32.2. The van der Waals surface area contributed by atoms with Crippen LogP contribution in [0.3, 0.4) is 0 Å². The van der Waals surface area contributed by atoms with Gasteiger partial charge >= 0.3 is 0 Å². The minimum absolute atomic E-state index is 0.151. The molecule has 23 heavy (non-hydrogen) atoms. The van der Waals surface area contributed by atoms with Gasteiger partial charge in [-0.15, -0.1) is 11.3 Å². The third-order valence-corrected chi connectivity index (χ3v) is 5.73. The Bertz CT molecular complexity index is 960. The van der Waals surface area contributed by atoms with Gasteiger partial charge in [0.05, 0.1) is 4.90 Å². The molecule has 2 N–H and O–H groups in total. The van der Waals surface area contributed by atoms with Crippen LogP contribution < -0.4 is 10.0 Å². The Morgan fingerprint density at radius 3 is 2.48 bits per heavy atom. The second-order valence-corrected chi connectivity index (χ2v) is 7.69. The third kappa shape index (κ3) is 3.26. The lowest BCUT2D eigenvalue weighted by Gasteiger charge is -2.07. The van der Waals surface area contributed by atoms with Crippen molar-refractivity contribution in [2.75, 3.05) is 12.4 Å². The summed E-state index contributed by atoms with van der Waals surface area (Å²) in [7, 11) is -2.12. The van der Waals surface area contributed by atoms with Gasteiger partial charge < -0.3 is 5.32 Å². The molecule has 0 atom stereocenters. The summed E-state index contributed by atoms with van der Waals surface area (Å²) in [6.45, 7) is 0. The van der Waals surface area contributed by atoms with E-state index in [1.165, 1.54) is 19.2 Å². The summed E-state index contributed by atoms with van der Waals surface area (Å²) in [5, 5.41) is 5.77. The van der Waals surface area contributed by atoms with Gasteiger partial charge in [-0.3, -0.25) is 4.79 Å². The third-order valence-electron chi connectivity index (χ3n) is 3.41. The van der Waals surface area contributed by atoms with E-state index >= 15 is 0 Å². The topological polar surface area (TPSA) is 75.3 Å². The lowest BCUT2D eigenvalue weighted by molar-refractivity contribution is 0.102. The molecule has 0 saturated carbocycles. The van der Waals surface area contributed by atoms with E-state index in [0.29, 0.717) is 11.3 Å². The van der Waals surface area contributed by atoms with E-state index in [9.17, 15) is 13.2 Å². The zero-order chi connectivity index (χ0) is 16.4. The molecule has 0 unspecified atom stereocenters. The zero-order valence-electron chi connectivity index (χ0n) is 12.2. The smallest absolute Gasteiger partial charge is 0.255 e. The highest BCUT2D eigenvalue weighted by Crippen LogP contribution is 2.22. The van der Waals surface area contributed by atoms with E-state index in [-0.39, 0.29) is 10.8 Å². The van der Waals surface area contributed by atoms with E-state index in [4.69, 9.17) is 0 Å². The van der Waals surface area contributed by atoms with Gasteiger partial charge in [0.1, 0.15) is 0 Å². The van der Waals surface area contributed by atoms with Crippen LogP contribution in [0.25, 0.3) is 10.1 Å². The van der Waals surface area contributed by atoms with Gasteiger partial charge in [0.2, 0.25) is 10.0 Å². The van der Waals surface area contributed by atoms with Gasteiger partial charge in [-0.25, -0.2) is 13.1 Å². The van der Waals surface area contributed by atoms with E-state index in [2.05, 4.69) is 10.0 Å². The normalized spacial score (nSPS) is 11.5. The minimum Gasteiger partial charge on any atom is -0.322 e. The summed E-state index contributed by atoms with van der Waals surface area (Å²) >= 11 is 1.62. The van der Waals surface area contributed by atoms with Gasteiger partial charge in [-0.2, -0.15) is 0 Å². The highest BCUT2D eigenvalue weighted by Gasteiger charge is 2.12. The Kier molecular flexibility index (Phi) is 4.16. The van der Waals surface area contributed by atoms with Gasteiger partial charge in [0.15, 0.2) is 0 Å². The molecule has 0 spiro atoms. The number of nitrogens with one attached hydrogen (secondary N) is 2. The van der Waals surface area contributed by atoms with E-state index < -0.39 is 10.0 Å². The first-order valence-corrected chi connectivity index (χ1v) is 9.18. The van der Waals surface area contributed by atoms with Crippen LogP contribution in [0.1, 0.15) is 10.4 Å². The monoisotopic (exact) mass is 346 g/mol. The molecule has 0 aliphatic rings. The van der Waals surface area contributed by atoms with Gasteiger partial charge in [0.25, 0.3) is 5.91 Å². The summed E-state index contributed by atoms with van der Waals surface area (Å²) in [5.74, 6) is -0.234. The first kappa shape index (κ1) is 15.7. The molecular weight excluding hydrogens is 332 g/mol. The lowest BCUT2D eigenvalue weighted by atomic mass is 10.1. The SMILES string of the molecule is CNS(=O)(=O)c1ccc(NC(=O)c2ccc3sccc3c2)cc1. The summed E-state index contributed by atoms with van der Waals surface area (Å²) in [4.78, 5) is 12.4. The number of fused-ring (bicyclic) bond motifs is 1. The number of hydrogen-bond donors (Lipinski definition) is 2. The van der Waals surface area contributed by atoms with Gasteiger partial charge in [-0.1, -0.05) is 0 Å². The van der Waals surface area contributed by atoms with Crippen LogP contribution in [0, 0.1) is 0 Å². The average molecular weight is 346 g/mol. The quantitative estimate of drug-likeness (QED) is 0.762. The summed E-state index contributed by atoms with van der Waals surface area (Å²) in [6.07, 6.45) is 0. The van der Waals surface area contributed by atoms with Crippen molar-refractivity contribution in [1.29, 1.82) is 0 Å². The van der Waals surface area contributed by atoms with Crippen LogP contribution >= 0.6 is 11.3 Å². The van der Waals surface area contributed by atoms with Crippen LogP contribution in [0.15, 0.2) is 58.8 Å². The molecule has 3 aromatic rings. The molecule has 1 heterocycles. The maximum absolute atomic E-state index is 12.3. The number of anilines is 1. The molecule has 7 heteroatoms. The largest absolute Gasteiger partial charge is 0.322 e. The highest BCUT2D eigenvalue weighted by molar-refractivity contribution is 7.89. The van der Waals surface area contributed by atoms with Crippen LogP contribution in [0.5, 0.6) is 0 Å². The summed E-state index contributed by atoms with van der Waals surface area (Å²) < 4.78 is 26.7. The molecule has 5 nitrogen and oxygen atoms in total. The number of carbonyl (C=O) groups is 1. The van der Waals surface area contributed by atoms with E-state index in [1.54, 1.807) is 29.5 Å². The van der Waals surface area contributed by atoms with E-state index in [0.717, 1.165) is 10.1 Å².